The lowest BCUT2D eigenvalue weighted by Gasteiger charge is -2.34. The first kappa shape index (κ1) is 19.4. The molecule has 2 fully saturated rings. The number of rotatable bonds is 6. The van der Waals surface area contributed by atoms with Crippen LogP contribution < -0.4 is 10.2 Å². The Kier molecular flexibility index (Phi) is 6.24. The highest BCUT2D eigenvalue weighted by atomic mass is 32.1. The molecular weight excluding hydrogens is 370 g/mol. The van der Waals surface area contributed by atoms with Crippen molar-refractivity contribution in [1.29, 1.82) is 0 Å². The number of carbonyl (C=O) groups is 1. The summed E-state index contributed by atoms with van der Waals surface area (Å²) in [5.41, 5.74) is 2.93. The van der Waals surface area contributed by atoms with E-state index in [1.54, 1.807) is 11.3 Å². The molecule has 0 bridgehead atoms. The van der Waals surface area contributed by atoms with Crippen LogP contribution in [0.5, 0.6) is 0 Å². The fraction of sp³-hybridized carbons (Fsp3) is 0.524. The van der Waals surface area contributed by atoms with Crippen molar-refractivity contribution in [2.75, 3.05) is 56.5 Å². The van der Waals surface area contributed by atoms with Gasteiger partial charge in [0.25, 0.3) is 0 Å². The molecule has 4 rings (SSSR count). The van der Waals surface area contributed by atoms with E-state index in [0.29, 0.717) is 6.42 Å². The minimum atomic E-state index is -0.00892. The van der Waals surface area contributed by atoms with Crippen molar-refractivity contribution in [3.05, 3.63) is 40.3 Å². The molecule has 0 aliphatic carbocycles. The lowest BCUT2D eigenvalue weighted by atomic mass is 10.2. The van der Waals surface area contributed by atoms with Gasteiger partial charge in [0, 0.05) is 42.9 Å². The molecule has 1 N–H and O–H groups in total. The summed E-state index contributed by atoms with van der Waals surface area (Å²) >= 11 is 1.66. The average molecular weight is 400 g/mol. The van der Waals surface area contributed by atoms with Crippen LogP contribution in [0.3, 0.4) is 0 Å². The molecule has 28 heavy (non-hydrogen) atoms. The summed E-state index contributed by atoms with van der Waals surface area (Å²) in [5.74, 6) is -0.00892. The van der Waals surface area contributed by atoms with Gasteiger partial charge in [0.05, 0.1) is 18.7 Å². The molecule has 1 amide bonds. The third-order valence-electron chi connectivity index (χ3n) is 5.52. The van der Waals surface area contributed by atoms with Gasteiger partial charge in [-0.05, 0) is 57.2 Å². The first-order valence-electron chi connectivity index (χ1n) is 10.1. The van der Waals surface area contributed by atoms with Crippen molar-refractivity contribution < 1.29 is 4.79 Å². The first-order valence-corrected chi connectivity index (χ1v) is 11.0. The highest BCUT2D eigenvalue weighted by molar-refractivity contribution is 7.09. The van der Waals surface area contributed by atoms with Crippen LogP contribution in [0.2, 0.25) is 0 Å². The zero-order valence-electron chi connectivity index (χ0n) is 16.6. The molecule has 0 unspecified atom stereocenters. The number of carbonyl (C=O) groups excluding carboxylic acids is 1. The van der Waals surface area contributed by atoms with Gasteiger partial charge in [-0.25, -0.2) is 4.98 Å². The second-order valence-electron chi connectivity index (χ2n) is 7.78. The number of likely N-dealkylation sites (N-methyl/N-ethyl adjacent to an activating group) is 1. The number of nitrogens with zero attached hydrogens (tertiary/aromatic N) is 4. The Morgan fingerprint density at radius 3 is 2.50 bits per heavy atom. The molecule has 0 atom stereocenters. The van der Waals surface area contributed by atoms with E-state index >= 15 is 0 Å². The maximum atomic E-state index is 12.4. The number of aromatic nitrogens is 1. The van der Waals surface area contributed by atoms with Gasteiger partial charge >= 0.3 is 0 Å². The molecule has 0 saturated carbocycles. The van der Waals surface area contributed by atoms with Gasteiger partial charge in [-0.3, -0.25) is 9.69 Å². The molecule has 3 heterocycles. The van der Waals surface area contributed by atoms with Crippen LogP contribution in [0.4, 0.5) is 11.4 Å². The van der Waals surface area contributed by atoms with Crippen LogP contribution in [-0.4, -0.2) is 67.0 Å². The van der Waals surface area contributed by atoms with E-state index in [9.17, 15) is 4.79 Å². The largest absolute Gasteiger partial charge is 0.369 e. The number of likely N-dealkylation sites (tertiary alicyclic amines) is 1. The van der Waals surface area contributed by atoms with E-state index in [1.165, 1.54) is 31.6 Å². The van der Waals surface area contributed by atoms with Gasteiger partial charge < -0.3 is 15.1 Å². The first-order chi connectivity index (χ1) is 13.7. The van der Waals surface area contributed by atoms with Crippen molar-refractivity contribution in [2.24, 2.45) is 0 Å². The minimum Gasteiger partial charge on any atom is -0.369 e. The standard InChI is InChI=1S/C21H29N5OS/c1-24-10-12-26(13-11-24)19-6-4-17(5-7-19)22-20(27)14-18-16-28-21(23-18)15-25-8-2-3-9-25/h4-7,16H,2-3,8-15H2,1H3,(H,22,27). The average Bonchev–Trinajstić information content (AvgIpc) is 3.36. The molecule has 2 aliphatic heterocycles. The lowest BCUT2D eigenvalue weighted by Crippen LogP contribution is -2.44. The highest BCUT2D eigenvalue weighted by Gasteiger charge is 2.16. The number of piperazine rings is 1. The Morgan fingerprint density at radius 2 is 1.79 bits per heavy atom. The Bertz CT molecular complexity index is 776. The van der Waals surface area contributed by atoms with Crippen molar-refractivity contribution in [3.63, 3.8) is 0 Å². The Balaban J connectivity index is 1.27. The molecule has 2 aliphatic rings. The number of nitrogens with one attached hydrogen (secondary N) is 1. The third-order valence-corrected chi connectivity index (χ3v) is 6.40. The number of thiazole rings is 1. The monoisotopic (exact) mass is 399 g/mol. The molecule has 0 radical (unpaired) electrons. The number of hydrogen-bond acceptors (Lipinski definition) is 6. The molecule has 150 valence electrons. The smallest absolute Gasteiger partial charge is 0.230 e. The fourth-order valence-corrected chi connectivity index (χ4v) is 4.66. The van der Waals surface area contributed by atoms with Crippen LogP contribution in [0.15, 0.2) is 29.6 Å². The maximum Gasteiger partial charge on any atom is 0.230 e. The Morgan fingerprint density at radius 1 is 1.07 bits per heavy atom. The van der Waals surface area contributed by atoms with E-state index in [1.807, 2.05) is 17.5 Å². The van der Waals surface area contributed by atoms with E-state index in [2.05, 4.69) is 44.2 Å². The van der Waals surface area contributed by atoms with Gasteiger partial charge in [-0.15, -0.1) is 11.3 Å². The van der Waals surface area contributed by atoms with E-state index in [4.69, 9.17) is 0 Å². The zero-order chi connectivity index (χ0) is 19.3. The van der Waals surface area contributed by atoms with Crippen molar-refractivity contribution in [2.45, 2.75) is 25.8 Å². The number of amides is 1. The summed E-state index contributed by atoms with van der Waals surface area (Å²) in [6.07, 6.45) is 2.90. The molecule has 2 saturated heterocycles. The SMILES string of the molecule is CN1CCN(c2ccc(NC(=O)Cc3csc(CN4CCCC4)n3)cc2)CC1. The summed E-state index contributed by atoms with van der Waals surface area (Å²) < 4.78 is 0. The minimum absolute atomic E-state index is 0.00892. The van der Waals surface area contributed by atoms with Gasteiger partial charge in [-0.2, -0.15) is 0 Å². The van der Waals surface area contributed by atoms with Crippen LogP contribution in [0.1, 0.15) is 23.5 Å². The summed E-state index contributed by atoms with van der Waals surface area (Å²) in [6.45, 7) is 7.52. The van der Waals surface area contributed by atoms with E-state index in [0.717, 1.165) is 49.1 Å². The second kappa shape index (κ2) is 9.03. The Hall–Kier alpha value is -1.96. The predicted molar refractivity (Wildman–Crippen MR) is 115 cm³/mol. The number of anilines is 2. The van der Waals surface area contributed by atoms with Crippen LogP contribution in [-0.2, 0) is 17.8 Å². The number of benzene rings is 1. The third kappa shape index (κ3) is 5.10. The maximum absolute atomic E-state index is 12.4. The molecule has 1 aromatic carbocycles. The van der Waals surface area contributed by atoms with E-state index in [-0.39, 0.29) is 5.91 Å². The van der Waals surface area contributed by atoms with Crippen LogP contribution in [0.25, 0.3) is 0 Å². The molecule has 1 aromatic heterocycles. The normalized spacial score (nSPS) is 18.5. The van der Waals surface area contributed by atoms with Gasteiger partial charge in [0.15, 0.2) is 0 Å². The molecule has 6 nitrogen and oxygen atoms in total. The summed E-state index contributed by atoms with van der Waals surface area (Å²) in [7, 11) is 2.16. The Labute approximate surface area is 171 Å². The van der Waals surface area contributed by atoms with Crippen molar-refractivity contribution >= 4 is 28.6 Å². The van der Waals surface area contributed by atoms with Crippen molar-refractivity contribution in [3.8, 4) is 0 Å². The van der Waals surface area contributed by atoms with Crippen LogP contribution >= 0.6 is 11.3 Å². The molecule has 2 aromatic rings. The lowest BCUT2D eigenvalue weighted by molar-refractivity contribution is -0.115. The van der Waals surface area contributed by atoms with Crippen LogP contribution in [0, 0.1) is 0 Å². The second-order valence-corrected chi connectivity index (χ2v) is 8.72. The van der Waals surface area contributed by atoms with E-state index < -0.39 is 0 Å². The fourth-order valence-electron chi connectivity index (χ4n) is 3.82. The summed E-state index contributed by atoms with van der Waals surface area (Å²) in [4.78, 5) is 24.2. The highest BCUT2D eigenvalue weighted by Crippen LogP contribution is 2.20. The summed E-state index contributed by atoms with van der Waals surface area (Å²) in [5, 5.41) is 6.13. The summed E-state index contributed by atoms with van der Waals surface area (Å²) in [6, 6.07) is 8.17. The molecular formula is C21H29N5OS. The molecule has 0 spiro atoms. The number of hydrogen-bond donors (Lipinski definition) is 1. The predicted octanol–water partition coefficient (Wildman–Crippen LogP) is 2.67. The van der Waals surface area contributed by atoms with Gasteiger partial charge in [-0.1, -0.05) is 0 Å². The van der Waals surface area contributed by atoms with Crippen molar-refractivity contribution in [1.82, 2.24) is 14.8 Å². The zero-order valence-corrected chi connectivity index (χ0v) is 17.4. The van der Waals surface area contributed by atoms with Gasteiger partial charge in [0.1, 0.15) is 5.01 Å². The van der Waals surface area contributed by atoms with Gasteiger partial charge in [0.2, 0.25) is 5.91 Å². The quantitative estimate of drug-likeness (QED) is 0.809. The topological polar surface area (TPSA) is 51.7 Å². The molecule has 7 heteroatoms.